The maximum absolute atomic E-state index is 6.33. The van der Waals surface area contributed by atoms with E-state index in [0.717, 1.165) is 18.5 Å². The summed E-state index contributed by atoms with van der Waals surface area (Å²) in [5, 5.41) is 2.52. The Morgan fingerprint density at radius 1 is 0.857 bits per heavy atom. The molecule has 0 atom stereocenters. The van der Waals surface area contributed by atoms with Crippen molar-refractivity contribution in [3.63, 3.8) is 0 Å². The Bertz CT molecular complexity index is 854. The van der Waals surface area contributed by atoms with Crippen LogP contribution in [0.5, 0.6) is 0 Å². The molecule has 0 heterocycles. The highest BCUT2D eigenvalue weighted by molar-refractivity contribution is 6.02. The highest BCUT2D eigenvalue weighted by atomic mass is 14.6. The average Bonchev–Trinajstić information content (AvgIpc) is 2.54. The van der Waals surface area contributed by atoms with E-state index in [9.17, 15) is 0 Å². The molecule has 0 aliphatic heterocycles. The van der Waals surface area contributed by atoms with Gasteiger partial charge in [-0.2, -0.15) is 0 Å². The Morgan fingerprint density at radius 2 is 1.71 bits per heavy atom. The second kappa shape index (κ2) is 4.78. The monoisotopic (exact) mass is 271 g/mol. The zero-order valence-corrected chi connectivity index (χ0v) is 11.8. The normalized spacial score (nSPS) is 13.3. The molecule has 4 rings (SSSR count). The summed E-state index contributed by atoms with van der Waals surface area (Å²) in [7, 11) is 0. The first-order chi connectivity index (χ1) is 10.3. The maximum atomic E-state index is 6.33. The van der Waals surface area contributed by atoms with E-state index in [0.29, 0.717) is 0 Å². The van der Waals surface area contributed by atoms with E-state index in [1.54, 1.807) is 0 Å². The van der Waals surface area contributed by atoms with Crippen molar-refractivity contribution in [2.45, 2.75) is 12.8 Å². The van der Waals surface area contributed by atoms with Crippen LogP contribution < -0.4 is 5.73 Å². The van der Waals surface area contributed by atoms with Gasteiger partial charge in [0.15, 0.2) is 0 Å². The molecular weight excluding hydrogens is 254 g/mol. The minimum atomic E-state index is 0.858. The van der Waals surface area contributed by atoms with Gasteiger partial charge in [0.2, 0.25) is 0 Å². The van der Waals surface area contributed by atoms with Crippen molar-refractivity contribution in [3.05, 3.63) is 71.8 Å². The third-order valence-corrected chi connectivity index (χ3v) is 4.29. The molecule has 1 aliphatic rings. The van der Waals surface area contributed by atoms with Crippen molar-refractivity contribution in [3.8, 4) is 11.1 Å². The Kier molecular flexibility index (Phi) is 2.78. The van der Waals surface area contributed by atoms with Gasteiger partial charge in [-0.25, -0.2) is 0 Å². The molecule has 1 nitrogen and oxygen atoms in total. The molecule has 0 bridgehead atoms. The molecule has 0 aromatic heterocycles. The highest BCUT2D eigenvalue weighted by Gasteiger charge is 2.15. The largest absolute Gasteiger partial charge is 0.398 e. The Hall–Kier alpha value is -2.54. The Labute approximate surface area is 124 Å². The van der Waals surface area contributed by atoms with Gasteiger partial charge in [-0.15, -0.1) is 0 Å². The summed E-state index contributed by atoms with van der Waals surface area (Å²) in [4.78, 5) is 0. The molecular formula is C20H17N. The molecule has 0 amide bonds. The number of hydrogen-bond donors (Lipinski definition) is 1. The van der Waals surface area contributed by atoms with Gasteiger partial charge in [-0.3, -0.25) is 0 Å². The van der Waals surface area contributed by atoms with Crippen LogP contribution in [0.2, 0.25) is 0 Å². The van der Waals surface area contributed by atoms with E-state index in [1.807, 2.05) is 0 Å². The minimum absolute atomic E-state index is 0.858. The van der Waals surface area contributed by atoms with E-state index < -0.39 is 0 Å². The number of allylic oxidation sites excluding steroid dienone is 1. The molecule has 102 valence electrons. The summed E-state index contributed by atoms with van der Waals surface area (Å²) < 4.78 is 0. The molecule has 0 unspecified atom stereocenters. The van der Waals surface area contributed by atoms with Crippen molar-refractivity contribution in [2.75, 3.05) is 5.73 Å². The van der Waals surface area contributed by atoms with Crippen LogP contribution in [0.25, 0.3) is 28.0 Å². The van der Waals surface area contributed by atoms with Gasteiger partial charge in [0, 0.05) is 11.3 Å². The SMILES string of the molecule is Nc1ccc2c(c1-c1cccc3ccccc13)C=CCC2. The van der Waals surface area contributed by atoms with Crippen LogP contribution in [0.15, 0.2) is 60.7 Å². The average molecular weight is 271 g/mol. The van der Waals surface area contributed by atoms with E-state index in [4.69, 9.17) is 5.73 Å². The van der Waals surface area contributed by atoms with Crippen LogP contribution in [0.1, 0.15) is 17.5 Å². The van der Waals surface area contributed by atoms with E-state index in [-0.39, 0.29) is 0 Å². The lowest BCUT2D eigenvalue weighted by Crippen LogP contribution is -2.01. The van der Waals surface area contributed by atoms with Crippen molar-refractivity contribution in [2.24, 2.45) is 0 Å². The smallest absolute Gasteiger partial charge is 0.0400 e. The molecule has 1 heteroatoms. The Morgan fingerprint density at radius 3 is 2.67 bits per heavy atom. The number of fused-ring (bicyclic) bond motifs is 2. The lowest BCUT2D eigenvalue weighted by atomic mass is 9.87. The maximum Gasteiger partial charge on any atom is 0.0400 e. The zero-order valence-electron chi connectivity index (χ0n) is 11.8. The fourth-order valence-corrected chi connectivity index (χ4v) is 3.27. The van der Waals surface area contributed by atoms with E-state index in [1.165, 1.54) is 33.0 Å². The van der Waals surface area contributed by atoms with Crippen molar-refractivity contribution >= 4 is 22.5 Å². The Balaban J connectivity index is 2.09. The van der Waals surface area contributed by atoms with Crippen molar-refractivity contribution in [1.82, 2.24) is 0 Å². The second-order valence-electron chi connectivity index (χ2n) is 5.57. The number of nitrogens with two attached hydrogens (primary N) is 1. The summed E-state index contributed by atoms with van der Waals surface area (Å²) >= 11 is 0. The van der Waals surface area contributed by atoms with Crippen molar-refractivity contribution in [1.29, 1.82) is 0 Å². The highest BCUT2D eigenvalue weighted by Crippen LogP contribution is 2.38. The van der Waals surface area contributed by atoms with Crippen LogP contribution in [0.4, 0.5) is 5.69 Å². The molecule has 0 radical (unpaired) electrons. The first kappa shape index (κ1) is 12.2. The predicted octanol–water partition coefficient (Wildman–Crippen LogP) is 5.05. The van der Waals surface area contributed by atoms with Gasteiger partial charge in [-0.1, -0.05) is 60.7 Å². The number of anilines is 1. The number of hydrogen-bond acceptors (Lipinski definition) is 1. The first-order valence-corrected chi connectivity index (χ1v) is 7.40. The van der Waals surface area contributed by atoms with Gasteiger partial charge in [0.1, 0.15) is 0 Å². The molecule has 21 heavy (non-hydrogen) atoms. The first-order valence-electron chi connectivity index (χ1n) is 7.40. The van der Waals surface area contributed by atoms with Gasteiger partial charge < -0.3 is 5.73 Å². The van der Waals surface area contributed by atoms with Crippen LogP contribution in [0, 0.1) is 0 Å². The topological polar surface area (TPSA) is 26.0 Å². The zero-order chi connectivity index (χ0) is 14.2. The summed E-state index contributed by atoms with van der Waals surface area (Å²) in [5.41, 5.74) is 12.3. The second-order valence-corrected chi connectivity index (χ2v) is 5.57. The molecule has 0 spiro atoms. The summed E-state index contributed by atoms with van der Waals surface area (Å²) in [6.07, 6.45) is 6.69. The fraction of sp³-hybridized carbons (Fsp3) is 0.100. The van der Waals surface area contributed by atoms with E-state index in [2.05, 4.69) is 66.7 Å². The van der Waals surface area contributed by atoms with Gasteiger partial charge in [0.25, 0.3) is 0 Å². The molecule has 0 saturated heterocycles. The third-order valence-electron chi connectivity index (χ3n) is 4.29. The quantitative estimate of drug-likeness (QED) is 0.616. The molecule has 0 saturated carbocycles. The molecule has 2 N–H and O–H groups in total. The lowest BCUT2D eigenvalue weighted by Gasteiger charge is -2.18. The van der Waals surface area contributed by atoms with Crippen molar-refractivity contribution < 1.29 is 0 Å². The van der Waals surface area contributed by atoms with Gasteiger partial charge in [-0.05, 0) is 46.4 Å². The molecule has 3 aromatic rings. The standard InChI is InChI=1S/C20H17N/c21-19-13-12-15-7-2-4-10-17(15)20(19)18-11-5-8-14-6-1-3-9-16(14)18/h1,3-6,8-13H,2,7,21H2. The predicted molar refractivity (Wildman–Crippen MR) is 91.2 cm³/mol. The lowest BCUT2D eigenvalue weighted by molar-refractivity contribution is 0.987. The van der Waals surface area contributed by atoms with Crippen LogP contribution >= 0.6 is 0 Å². The van der Waals surface area contributed by atoms with E-state index >= 15 is 0 Å². The fourth-order valence-electron chi connectivity index (χ4n) is 3.27. The summed E-state index contributed by atoms with van der Waals surface area (Å²) in [5.74, 6) is 0. The van der Waals surface area contributed by atoms with Gasteiger partial charge in [0.05, 0.1) is 0 Å². The van der Waals surface area contributed by atoms with Gasteiger partial charge >= 0.3 is 0 Å². The number of nitrogen functional groups attached to an aromatic ring is 1. The van der Waals surface area contributed by atoms with Crippen LogP contribution in [-0.2, 0) is 6.42 Å². The minimum Gasteiger partial charge on any atom is -0.398 e. The number of rotatable bonds is 1. The number of benzene rings is 3. The molecule has 3 aromatic carbocycles. The van der Waals surface area contributed by atoms with Crippen LogP contribution in [0.3, 0.4) is 0 Å². The molecule has 1 aliphatic carbocycles. The summed E-state index contributed by atoms with van der Waals surface area (Å²) in [6, 6.07) is 19.2. The van der Waals surface area contributed by atoms with Crippen LogP contribution in [-0.4, -0.2) is 0 Å². The number of aryl methyl sites for hydroxylation is 1. The molecule has 0 fully saturated rings. The summed E-state index contributed by atoms with van der Waals surface area (Å²) in [6.45, 7) is 0. The third kappa shape index (κ3) is 1.93.